The second kappa shape index (κ2) is 9.53. The Hall–Kier alpha value is -1.63. The van der Waals surface area contributed by atoms with Gasteiger partial charge in [0, 0.05) is 17.5 Å². The van der Waals surface area contributed by atoms with Gasteiger partial charge < -0.3 is 20.5 Å². The first-order valence-electron chi connectivity index (χ1n) is 9.63. The Labute approximate surface area is 164 Å². The second-order valence-corrected chi connectivity index (χ2v) is 7.78. The van der Waals surface area contributed by atoms with Gasteiger partial charge in [0.05, 0.1) is 25.2 Å². The zero-order valence-corrected chi connectivity index (χ0v) is 16.1. The Morgan fingerprint density at radius 3 is 2.63 bits per heavy atom. The molecular formula is C20H27ClN2O4. The Kier molecular flexibility index (Phi) is 7.10. The fourth-order valence-electron chi connectivity index (χ4n) is 3.53. The van der Waals surface area contributed by atoms with E-state index >= 15 is 0 Å². The highest BCUT2D eigenvalue weighted by molar-refractivity contribution is 6.31. The molecule has 1 aliphatic heterocycles. The Balaban J connectivity index is 1.44. The van der Waals surface area contributed by atoms with Crippen molar-refractivity contribution in [1.82, 2.24) is 10.6 Å². The van der Waals surface area contributed by atoms with Crippen molar-refractivity contribution in [3.8, 4) is 0 Å². The molecule has 1 aromatic rings. The number of aliphatic hydroxyl groups is 1. The predicted octanol–water partition coefficient (Wildman–Crippen LogP) is 2.17. The number of carbonyl (C=O) groups is 2. The lowest BCUT2D eigenvalue weighted by Gasteiger charge is -2.37. The smallest absolute Gasteiger partial charge is 0.223 e. The summed E-state index contributed by atoms with van der Waals surface area (Å²) in [6.45, 7) is 0.197. The van der Waals surface area contributed by atoms with Crippen LogP contribution in [0, 0.1) is 5.92 Å². The minimum atomic E-state index is -0.468. The maximum Gasteiger partial charge on any atom is 0.223 e. The summed E-state index contributed by atoms with van der Waals surface area (Å²) in [6.07, 6.45) is 3.86. The molecule has 6 nitrogen and oxygen atoms in total. The van der Waals surface area contributed by atoms with Gasteiger partial charge in [-0.15, -0.1) is 0 Å². The van der Waals surface area contributed by atoms with E-state index < -0.39 is 6.10 Å². The van der Waals surface area contributed by atoms with E-state index in [0.29, 0.717) is 24.4 Å². The molecule has 0 spiro atoms. The maximum absolute atomic E-state index is 12.2. The molecule has 7 heteroatoms. The monoisotopic (exact) mass is 394 g/mol. The SMILES string of the molecule is O=C(C[C@H]1CC[C@H](NC(=O)C2CCC2)[C@H](CO)O1)NCc1ccccc1Cl. The van der Waals surface area contributed by atoms with Gasteiger partial charge in [0.25, 0.3) is 0 Å². The number of ether oxygens (including phenoxy) is 1. The normalized spacial score (nSPS) is 25.5. The fourth-order valence-corrected chi connectivity index (χ4v) is 3.74. The van der Waals surface area contributed by atoms with Crippen LogP contribution in [0.15, 0.2) is 24.3 Å². The van der Waals surface area contributed by atoms with E-state index in [-0.39, 0.29) is 42.9 Å². The minimum absolute atomic E-state index is 0.0595. The number of nitrogens with one attached hydrogen (secondary N) is 2. The molecule has 0 bridgehead atoms. The lowest BCUT2D eigenvalue weighted by Crippen LogP contribution is -2.53. The molecule has 1 saturated carbocycles. The summed E-state index contributed by atoms with van der Waals surface area (Å²) in [7, 11) is 0. The third kappa shape index (κ3) is 5.43. The van der Waals surface area contributed by atoms with E-state index in [1.165, 1.54) is 0 Å². The highest BCUT2D eigenvalue weighted by Crippen LogP contribution is 2.28. The van der Waals surface area contributed by atoms with Crippen LogP contribution < -0.4 is 10.6 Å². The van der Waals surface area contributed by atoms with Crippen LogP contribution in [0.4, 0.5) is 0 Å². The van der Waals surface area contributed by atoms with Gasteiger partial charge in [-0.05, 0) is 37.3 Å². The van der Waals surface area contributed by atoms with Crippen molar-refractivity contribution in [2.75, 3.05) is 6.61 Å². The molecule has 2 amide bonds. The molecule has 1 saturated heterocycles. The Morgan fingerprint density at radius 1 is 1.19 bits per heavy atom. The molecule has 3 atom stereocenters. The number of carbonyl (C=O) groups excluding carboxylic acids is 2. The van der Waals surface area contributed by atoms with Crippen molar-refractivity contribution >= 4 is 23.4 Å². The van der Waals surface area contributed by atoms with E-state index in [9.17, 15) is 14.7 Å². The number of aliphatic hydroxyl groups excluding tert-OH is 1. The lowest BCUT2D eigenvalue weighted by molar-refractivity contribution is -0.138. The first-order valence-corrected chi connectivity index (χ1v) is 10.0. The molecule has 1 heterocycles. The van der Waals surface area contributed by atoms with Crippen LogP contribution in [-0.2, 0) is 20.9 Å². The Morgan fingerprint density at radius 2 is 1.96 bits per heavy atom. The van der Waals surface area contributed by atoms with Gasteiger partial charge in [0.1, 0.15) is 6.10 Å². The quantitative estimate of drug-likeness (QED) is 0.661. The maximum atomic E-state index is 12.2. The van der Waals surface area contributed by atoms with Gasteiger partial charge in [0.2, 0.25) is 11.8 Å². The van der Waals surface area contributed by atoms with E-state index in [1.807, 2.05) is 18.2 Å². The van der Waals surface area contributed by atoms with Gasteiger partial charge in [-0.25, -0.2) is 0 Å². The lowest BCUT2D eigenvalue weighted by atomic mass is 9.84. The standard InChI is InChI=1S/C20H27ClN2O4/c21-16-7-2-1-4-14(16)11-22-19(25)10-15-8-9-17(18(12-24)27-15)23-20(26)13-5-3-6-13/h1-2,4,7,13,15,17-18,24H,3,5-6,8-12H2,(H,22,25)(H,23,26)/t15-,17+,18+/m1/s1. The number of halogens is 1. The number of rotatable bonds is 7. The molecule has 1 aliphatic carbocycles. The van der Waals surface area contributed by atoms with Crippen molar-refractivity contribution in [3.05, 3.63) is 34.9 Å². The fraction of sp³-hybridized carbons (Fsp3) is 0.600. The first kappa shape index (κ1) is 20.1. The number of hydrogen-bond donors (Lipinski definition) is 3. The van der Waals surface area contributed by atoms with Gasteiger partial charge in [0.15, 0.2) is 0 Å². The molecule has 0 radical (unpaired) electrons. The van der Waals surface area contributed by atoms with Crippen LogP contribution in [-0.4, -0.2) is 41.8 Å². The van der Waals surface area contributed by atoms with Crippen LogP contribution in [0.5, 0.6) is 0 Å². The average Bonchev–Trinajstić information content (AvgIpc) is 2.60. The minimum Gasteiger partial charge on any atom is -0.394 e. The average molecular weight is 395 g/mol. The van der Waals surface area contributed by atoms with Crippen LogP contribution >= 0.6 is 11.6 Å². The van der Waals surface area contributed by atoms with Crippen LogP contribution in [0.1, 0.15) is 44.1 Å². The summed E-state index contributed by atoms with van der Waals surface area (Å²) >= 11 is 6.09. The zero-order valence-electron chi connectivity index (χ0n) is 15.3. The molecule has 3 N–H and O–H groups in total. The van der Waals surface area contributed by atoms with E-state index in [0.717, 1.165) is 24.8 Å². The summed E-state index contributed by atoms with van der Waals surface area (Å²) in [4.78, 5) is 24.4. The van der Waals surface area contributed by atoms with Crippen molar-refractivity contribution in [3.63, 3.8) is 0 Å². The number of amides is 2. The van der Waals surface area contributed by atoms with E-state index in [2.05, 4.69) is 10.6 Å². The molecule has 148 valence electrons. The Bertz CT molecular complexity index is 665. The number of hydrogen-bond acceptors (Lipinski definition) is 4. The molecule has 2 fully saturated rings. The summed E-state index contributed by atoms with van der Waals surface area (Å²) in [5.41, 5.74) is 0.865. The topological polar surface area (TPSA) is 87.7 Å². The third-order valence-electron chi connectivity index (χ3n) is 5.45. The molecule has 0 aromatic heterocycles. The van der Waals surface area contributed by atoms with Gasteiger partial charge in [-0.2, -0.15) is 0 Å². The largest absolute Gasteiger partial charge is 0.394 e. The van der Waals surface area contributed by atoms with Gasteiger partial charge >= 0.3 is 0 Å². The number of benzene rings is 1. The summed E-state index contributed by atoms with van der Waals surface area (Å²) in [5.74, 6) is 0.0513. The van der Waals surface area contributed by atoms with Crippen LogP contribution in [0.3, 0.4) is 0 Å². The molecule has 0 unspecified atom stereocenters. The van der Waals surface area contributed by atoms with Gasteiger partial charge in [-0.1, -0.05) is 36.2 Å². The van der Waals surface area contributed by atoms with Crippen LogP contribution in [0.2, 0.25) is 5.02 Å². The molecule has 27 heavy (non-hydrogen) atoms. The first-order chi connectivity index (χ1) is 13.1. The van der Waals surface area contributed by atoms with E-state index in [1.54, 1.807) is 6.07 Å². The molecular weight excluding hydrogens is 368 g/mol. The van der Waals surface area contributed by atoms with Crippen molar-refractivity contribution in [1.29, 1.82) is 0 Å². The molecule has 3 rings (SSSR count). The van der Waals surface area contributed by atoms with Crippen LogP contribution in [0.25, 0.3) is 0 Å². The summed E-state index contributed by atoms with van der Waals surface area (Å²) < 4.78 is 5.88. The predicted molar refractivity (Wildman–Crippen MR) is 102 cm³/mol. The third-order valence-corrected chi connectivity index (χ3v) is 5.81. The van der Waals surface area contributed by atoms with Gasteiger partial charge in [-0.3, -0.25) is 9.59 Å². The highest BCUT2D eigenvalue weighted by Gasteiger charge is 2.35. The molecule has 1 aromatic carbocycles. The van der Waals surface area contributed by atoms with Crippen molar-refractivity contribution in [2.24, 2.45) is 5.92 Å². The molecule has 2 aliphatic rings. The van der Waals surface area contributed by atoms with Crippen molar-refractivity contribution < 1.29 is 19.4 Å². The summed E-state index contributed by atoms with van der Waals surface area (Å²) in [6, 6.07) is 7.19. The van der Waals surface area contributed by atoms with E-state index in [4.69, 9.17) is 16.3 Å². The zero-order chi connectivity index (χ0) is 19.2. The highest BCUT2D eigenvalue weighted by atomic mass is 35.5. The second-order valence-electron chi connectivity index (χ2n) is 7.37. The summed E-state index contributed by atoms with van der Waals surface area (Å²) in [5, 5.41) is 16.1. The van der Waals surface area contributed by atoms with Crippen molar-refractivity contribution in [2.45, 2.75) is 63.3 Å².